The molecule has 1 saturated carbocycles. The molecule has 1 aliphatic carbocycles. The van der Waals surface area contributed by atoms with Gasteiger partial charge in [0, 0.05) is 12.2 Å². The third kappa shape index (κ3) is 1.42. The van der Waals surface area contributed by atoms with Gasteiger partial charge in [-0.05, 0) is 51.3 Å². The van der Waals surface area contributed by atoms with Crippen LogP contribution in [0, 0.1) is 0 Å². The number of pyridine rings is 1. The van der Waals surface area contributed by atoms with Gasteiger partial charge in [0.05, 0.1) is 5.54 Å². The van der Waals surface area contributed by atoms with E-state index in [2.05, 4.69) is 27.9 Å². The van der Waals surface area contributed by atoms with E-state index in [0.717, 1.165) is 17.7 Å². The largest absolute Gasteiger partial charge is 0.308 e. The summed E-state index contributed by atoms with van der Waals surface area (Å²) in [5.74, 6) is 1.19. The van der Waals surface area contributed by atoms with Gasteiger partial charge in [-0.3, -0.25) is 0 Å². The lowest BCUT2D eigenvalue weighted by Crippen LogP contribution is -2.36. The zero-order valence-corrected chi connectivity index (χ0v) is 10.7. The van der Waals surface area contributed by atoms with Crippen LogP contribution in [-0.4, -0.2) is 21.1 Å². The van der Waals surface area contributed by atoms with Gasteiger partial charge in [0.2, 0.25) is 0 Å². The first-order chi connectivity index (χ1) is 8.78. The molecule has 94 valence electrons. The Hall–Kier alpha value is -1.42. The first kappa shape index (κ1) is 10.5. The SMILES string of the molecule is CC1(c2nc3cccnc3n2C2CC2)CCCN1. The number of rotatable bonds is 2. The number of fused-ring (bicyclic) bond motifs is 1. The fourth-order valence-electron chi connectivity index (χ4n) is 3.08. The summed E-state index contributed by atoms with van der Waals surface area (Å²) in [6.07, 6.45) is 6.81. The van der Waals surface area contributed by atoms with Gasteiger partial charge in [0.25, 0.3) is 0 Å². The molecule has 0 bridgehead atoms. The van der Waals surface area contributed by atoms with Gasteiger partial charge in [-0.1, -0.05) is 0 Å². The highest BCUT2D eigenvalue weighted by Crippen LogP contribution is 2.42. The zero-order chi connectivity index (χ0) is 12.2. The quantitative estimate of drug-likeness (QED) is 0.879. The van der Waals surface area contributed by atoms with Gasteiger partial charge in [-0.25, -0.2) is 9.97 Å². The number of nitrogens with one attached hydrogen (secondary N) is 1. The van der Waals surface area contributed by atoms with Crippen molar-refractivity contribution in [2.45, 2.75) is 44.2 Å². The Morgan fingerprint density at radius 3 is 3.06 bits per heavy atom. The minimum Gasteiger partial charge on any atom is -0.308 e. The standard InChI is InChI=1S/C14H18N4/c1-14(7-3-9-16-14)13-17-11-4-2-8-15-12(11)18(13)10-5-6-10/h2,4,8,10,16H,3,5-7,9H2,1H3. The smallest absolute Gasteiger partial charge is 0.160 e. The summed E-state index contributed by atoms with van der Waals surface area (Å²) in [5.41, 5.74) is 2.13. The van der Waals surface area contributed by atoms with Crippen molar-refractivity contribution >= 4 is 11.2 Å². The topological polar surface area (TPSA) is 42.7 Å². The van der Waals surface area contributed by atoms with Crippen LogP contribution in [-0.2, 0) is 5.54 Å². The Morgan fingerprint density at radius 1 is 1.44 bits per heavy atom. The highest BCUT2D eigenvalue weighted by atomic mass is 15.2. The lowest BCUT2D eigenvalue weighted by Gasteiger charge is -2.24. The third-order valence-corrected chi connectivity index (χ3v) is 4.22. The summed E-state index contributed by atoms with van der Waals surface area (Å²) < 4.78 is 2.38. The van der Waals surface area contributed by atoms with E-state index in [1.165, 1.54) is 31.5 Å². The molecule has 1 saturated heterocycles. The Balaban J connectivity index is 1.96. The van der Waals surface area contributed by atoms with E-state index in [0.29, 0.717) is 6.04 Å². The van der Waals surface area contributed by atoms with E-state index < -0.39 is 0 Å². The Bertz CT molecular complexity index is 591. The first-order valence-electron chi connectivity index (χ1n) is 6.86. The summed E-state index contributed by atoms with van der Waals surface area (Å²) in [4.78, 5) is 9.40. The van der Waals surface area contributed by atoms with Crippen molar-refractivity contribution in [3.63, 3.8) is 0 Å². The van der Waals surface area contributed by atoms with E-state index in [-0.39, 0.29) is 5.54 Å². The van der Waals surface area contributed by atoms with Gasteiger partial charge < -0.3 is 9.88 Å². The van der Waals surface area contributed by atoms with Gasteiger partial charge >= 0.3 is 0 Å². The second-order valence-corrected chi connectivity index (χ2v) is 5.75. The molecule has 1 N–H and O–H groups in total. The third-order valence-electron chi connectivity index (χ3n) is 4.22. The molecule has 3 heterocycles. The molecular formula is C14H18N4. The molecule has 18 heavy (non-hydrogen) atoms. The summed E-state index contributed by atoms with van der Waals surface area (Å²) in [6.45, 7) is 3.37. The van der Waals surface area contributed by atoms with Gasteiger partial charge in [-0.2, -0.15) is 0 Å². The lowest BCUT2D eigenvalue weighted by atomic mass is 9.99. The maximum absolute atomic E-state index is 4.87. The molecule has 0 radical (unpaired) electrons. The Morgan fingerprint density at radius 2 is 2.33 bits per heavy atom. The van der Waals surface area contributed by atoms with Crippen molar-refractivity contribution in [1.29, 1.82) is 0 Å². The van der Waals surface area contributed by atoms with Gasteiger partial charge in [0.1, 0.15) is 11.3 Å². The van der Waals surface area contributed by atoms with Crippen LogP contribution < -0.4 is 5.32 Å². The van der Waals surface area contributed by atoms with Crippen LogP contribution in [0.1, 0.15) is 44.5 Å². The molecular weight excluding hydrogens is 224 g/mol. The molecule has 0 aromatic carbocycles. The van der Waals surface area contributed by atoms with Crippen LogP contribution in [0.3, 0.4) is 0 Å². The predicted octanol–water partition coefficient (Wildman–Crippen LogP) is 2.36. The number of imidazole rings is 1. The molecule has 2 aromatic rings. The van der Waals surface area contributed by atoms with Crippen molar-refractivity contribution in [3.05, 3.63) is 24.2 Å². The first-order valence-corrected chi connectivity index (χ1v) is 6.86. The molecule has 1 aliphatic heterocycles. The van der Waals surface area contributed by atoms with Gasteiger partial charge in [-0.15, -0.1) is 0 Å². The highest BCUT2D eigenvalue weighted by molar-refractivity contribution is 5.72. The second kappa shape index (κ2) is 3.54. The predicted molar refractivity (Wildman–Crippen MR) is 70.4 cm³/mol. The lowest BCUT2D eigenvalue weighted by molar-refractivity contribution is 0.389. The average molecular weight is 242 g/mol. The van der Waals surface area contributed by atoms with E-state index in [1.54, 1.807) is 0 Å². The van der Waals surface area contributed by atoms with E-state index in [9.17, 15) is 0 Å². The van der Waals surface area contributed by atoms with E-state index in [4.69, 9.17) is 4.98 Å². The fourth-order valence-corrected chi connectivity index (χ4v) is 3.08. The number of hydrogen-bond donors (Lipinski definition) is 1. The molecule has 2 aromatic heterocycles. The maximum atomic E-state index is 4.87. The molecule has 1 unspecified atom stereocenters. The molecule has 2 fully saturated rings. The molecule has 0 amide bonds. The van der Waals surface area contributed by atoms with Crippen LogP contribution in [0.5, 0.6) is 0 Å². The Labute approximate surface area is 106 Å². The number of nitrogens with zero attached hydrogens (tertiary/aromatic N) is 3. The van der Waals surface area contributed by atoms with Crippen LogP contribution in [0.2, 0.25) is 0 Å². The van der Waals surface area contributed by atoms with Gasteiger partial charge in [0.15, 0.2) is 5.65 Å². The van der Waals surface area contributed by atoms with Crippen molar-refractivity contribution in [3.8, 4) is 0 Å². The van der Waals surface area contributed by atoms with Crippen molar-refractivity contribution in [2.75, 3.05) is 6.54 Å². The molecule has 4 heteroatoms. The van der Waals surface area contributed by atoms with Crippen LogP contribution in [0.4, 0.5) is 0 Å². The molecule has 4 rings (SSSR count). The zero-order valence-electron chi connectivity index (χ0n) is 10.7. The van der Waals surface area contributed by atoms with Crippen molar-refractivity contribution in [2.24, 2.45) is 0 Å². The van der Waals surface area contributed by atoms with Crippen molar-refractivity contribution in [1.82, 2.24) is 19.9 Å². The Kier molecular flexibility index (Phi) is 2.07. The number of aromatic nitrogens is 3. The molecule has 0 spiro atoms. The summed E-state index contributed by atoms with van der Waals surface area (Å²) in [5, 5.41) is 3.62. The minimum atomic E-state index is 0.0310. The molecule has 2 aliphatic rings. The van der Waals surface area contributed by atoms with Crippen LogP contribution in [0.25, 0.3) is 11.2 Å². The molecule has 4 nitrogen and oxygen atoms in total. The monoisotopic (exact) mass is 242 g/mol. The molecule has 1 atom stereocenters. The maximum Gasteiger partial charge on any atom is 0.160 e. The minimum absolute atomic E-state index is 0.0310. The van der Waals surface area contributed by atoms with E-state index in [1.807, 2.05) is 12.3 Å². The van der Waals surface area contributed by atoms with Crippen LogP contribution >= 0.6 is 0 Å². The van der Waals surface area contributed by atoms with E-state index >= 15 is 0 Å². The highest BCUT2D eigenvalue weighted by Gasteiger charge is 2.39. The fraction of sp³-hybridized carbons (Fsp3) is 0.571. The van der Waals surface area contributed by atoms with Crippen molar-refractivity contribution < 1.29 is 0 Å². The summed E-state index contributed by atoms with van der Waals surface area (Å²) >= 11 is 0. The average Bonchev–Trinajstić information content (AvgIpc) is 2.99. The summed E-state index contributed by atoms with van der Waals surface area (Å²) in [6, 6.07) is 4.67. The second-order valence-electron chi connectivity index (χ2n) is 5.75. The number of hydrogen-bond acceptors (Lipinski definition) is 3. The van der Waals surface area contributed by atoms with Crippen LogP contribution in [0.15, 0.2) is 18.3 Å². The normalized spacial score (nSPS) is 28.1. The summed E-state index contributed by atoms with van der Waals surface area (Å²) in [7, 11) is 0.